The third-order valence-corrected chi connectivity index (χ3v) is 1.71. The molecular weight excluding hydrogens is 158 g/mol. The number of hydrogen-bond donors (Lipinski definition) is 0. The number of cyclic esters (lactones) is 1. The van der Waals surface area contributed by atoms with Crippen molar-refractivity contribution in [3.63, 3.8) is 0 Å². The van der Waals surface area contributed by atoms with Gasteiger partial charge in [-0.1, -0.05) is 0 Å². The number of aromatic nitrogens is 1. The van der Waals surface area contributed by atoms with Crippen LogP contribution in [-0.2, 0) is 9.47 Å². The molecule has 1 aliphatic heterocycles. The van der Waals surface area contributed by atoms with Gasteiger partial charge in [-0.05, 0) is 12.1 Å². The van der Waals surface area contributed by atoms with Gasteiger partial charge < -0.3 is 9.47 Å². The molecule has 1 unspecified atom stereocenters. The fraction of sp³-hybridized carbons (Fsp3) is 0.250. The van der Waals surface area contributed by atoms with E-state index in [1.165, 1.54) is 7.11 Å². The van der Waals surface area contributed by atoms with E-state index >= 15 is 0 Å². The van der Waals surface area contributed by atoms with E-state index in [0.29, 0.717) is 11.3 Å². The minimum Gasteiger partial charge on any atom is -0.426 e. The van der Waals surface area contributed by atoms with Gasteiger partial charge in [0.15, 0.2) is 5.69 Å². The summed E-state index contributed by atoms with van der Waals surface area (Å²) in [5.74, 6) is -0.419. The van der Waals surface area contributed by atoms with E-state index in [4.69, 9.17) is 9.47 Å². The third kappa shape index (κ3) is 0.887. The maximum Gasteiger partial charge on any atom is 0.360 e. The quantitative estimate of drug-likeness (QED) is 0.580. The number of carbonyl (C=O) groups is 1. The highest BCUT2D eigenvalue weighted by atomic mass is 16.7. The molecule has 62 valence electrons. The van der Waals surface area contributed by atoms with Crippen LogP contribution in [0.5, 0.6) is 0 Å². The number of pyridine rings is 1. The first kappa shape index (κ1) is 7.24. The van der Waals surface area contributed by atoms with Gasteiger partial charge in [0.05, 0.1) is 5.56 Å². The zero-order valence-corrected chi connectivity index (χ0v) is 6.48. The Kier molecular flexibility index (Phi) is 1.55. The van der Waals surface area contributed by atoms with E-state index in [1.807, 2.05) is 0 Å². The summed E-state index contributed by atoms with van der Waals surface area (Å²) in [7, 11) is 1.49. The van der Waals surface area contributed by atoms with E-state index in [1.54, 1.807) is 18.3 Å². The molecule has 4 heteroatoms. The fourth-order valence-corrected chi connectivity index (χ4v) is 1.17. The SMILES string of the molecule is COC1OC(=O)c2ncccc21. The van der Waals surface area contributed by atoms with Gasteiger partial charge in [0.2, 0.25) is 6.29 Å². The molecule has 0 aromatic carbocycles. The summed E-state index contributed by atoms with van der Waals surface area (Å²) in [5, 5.41) is 0. The van der Waals surface area contributed by atoms with Gasteiger partial charge in [0, 0.05) is 13.3 Å². The molecule has 1 atom stereocenters. The number of esters is 1. The van der Waals surface area contributed by atoms with E-state index in [9.17, 15) is 4.79 Å². The van der Waals surface area contributed by atoms with Crippen molar-refractivity contribution in [1.82, 2.24) is 4.98 Å². The first-order valence-electron chi connectivity index (χ1n) is 3.51. The number of nitrogens with zero attached hydrogens (tertiary/aromatic N) is 1. The molecule has 2 heterocycles. The summed E-state index contributed by atoms with van der Waals surface area (Å²) in [6.45, 7) is 0. The highest BCUT2D eigenvalue weighted by molar-refractivity contribution is 5.91. The molecule has 0 bridgehead atoms. The summed E-state index contributed by atoms with van der Waals surface area (Å²) in [6.07, 6.45) is 0.971. The monoisotopic (exact) mass is 165 g/mol. The summed E-state index contributed by atoms with van der Waals surface area (Å²) in [5.41, 5.74) is 1.05. The Labute approximate surface area is 69.1 Å². The Balaban J connectivity index is 2.50. The Morgan fingerprint density at radius 3 is 3.25 bits per heavy atom. The van der Waals surface area contributed by atoms with Crippen molar-refractivity contribution < 1.29 is 14.3 Å². The topological polar surface area (TPSA) is 48.4 Å². The van der Waals surface area contributed by atoms with Crippen LogP contribution in [0.25, 0.3) is 0 Å². The molecule has 0 saturated heterocycles. The normalized spacial score (nSPS) is 20.4. The van der Waals surface area contributed by atoms with Crippen LogP contribution >= 0.6 is 0 Å². The molecule has 2 rings (SSSR count). The summed E-state index contributed by atoms with van der Waals surface area (Å²) in [4.78, 5) is 15.0. The Bertz CT molecular complexity index is 324. The largest absolute Gasteiger partial charge is 0.426 e. The molecule has 1 aromatic rings. The van der Waals surface area contributed by atoms with Crippen LogP contribution < -0.4 is 0 Å². The Morgan fingerprint density at radius 2 is 2.50 bits per heavy atom. The number of hydrogen-bond acceptors (Lipinski definition) is 4. The van der Waals surface area contributed by atoms with E-state index in [-0.39, 0.29) is 0 Å². The molecule has 4 nitrogen and oxygen atoms in total. The zero-order valence-electron chi connectivity index (χ0n) is 6.48. The van der Waals surface area contributed by atoms with Gasteiger partial charge in [-0.2, -0.15) is 0 Å². The molecular formula is C8H7NO3. The molecule has 0 N–H and O–H groups in total. The van der Waals surface area contributed by atoms with Crippen molar-refractivity contribution in [2.75, 3.05) is 7.11 Å². The molecule has 12 heavy (non-hydrogen) atoms. The van der Waals surface area contributed by atoms with Crippen molar-refractivity contribution in [1.29, 1.82) is 0 Å². The fourth-order valence-electron chi connectivity index (χ4n) is 1.17. The van der Waals surface area contributed by atoms with Gasteiger partial charge in [0.1, 0.15) is 0 Å². The number of ether oxygens (including phenoxy) is 2. The average molecular weight is 165 g/mol. The smallest absolute Gasteiger partial charge is 0.360 e. The first-order chi connectivity index (χ1) is 5.83. The van der Waals surface area contributed by atoms with Crippen LogP contribution in [0, 0.1) is 0 Å². The minimum absolute atomic E-state index is 0.351. The number of fused-ring (bicyclic) bond motifs is 1. The van der Waals surface area contributed by atoms with E-state index in [2.05, 4.69) is 4.98 Å². The van der Waals surface area contributed by atoms with Crippen LogP contribution in [0.3, 0.4) is 0 Å². The maximum atomic E-state index is 11.1. The van der Waals surface area contributed by atoms with Crippen molar-refractivity contribution in [2.24, 2.45) is 0 Å². The minimum atomic E-state index is -0.582. The predicted molar refractivity (Wildman–Crippen MR) is 39.4 cm³/mol. The standard InChI is InChI=1S/C8H7NO3/c1-11-8-5-3-2-4-9-6(5)7(10)12-8/h2-4,8H,1H3. The summed E-state index contributed by atoms with van der Waals surface area (Å²) < 4.78 is 9.78. The lowest BCUT2D eigenvalue weighted by Gasteiger charge is -2.05. The van der Waals surface area contributed by atoms with Crippen LogP contribution in [0.15, 0.2) is 18.3 Å². The molecule has 1 aliphatic rings. The molecule has 0 spiro atoms. The predicted octanol–water partition coefficient (Wildman–Crippen LogP) is 0.897. The van der Waals surface area contributed by atoms with E-state index < -0.39 is 12.3 Å². The Morgan fingerprint density at radius 1 is 1.67 bits per heavy atom. The Hall–Kier alpha value is -1.42. The molecule has 0 saturated carbocycles. The second kappa shape index (κ2) is 2.57. The molecule has 0 amide bonds. The van der Waals surface area contributed by atoms with Crippen molar-refractivity contribution in [3.8, 4) is 0 Å². The lowest BCUT2D eigenvalue weighted by atomic mass is 10.2. The van der Waals surface area contributed by atoms with Gasteiger partial charge in [0.25, 0.3) is 0 Å². The molecule has 0 aliphatic carbocycles. The molecule has 0 radical (unpaired) electrons. The lowest BCUT2D eigenvalue weighted by Crippen LogP contribution is -1.99. The maximum absolute atomic E-state index is 11.1. The number of rotatable bonds is 1. The van der Waals surface area contributed by atoms with Gasteiger partial charge in [-0.25, -0.2) is 9.78 Å². The van der Waals surface area contributed by atoms with Crippen LogP contribution in [0.2, 0.25) is 0 Å². The van der Waals surface area contributed by atoms with Crippen LogP contribution in [-0.4, -0.2) is 18.1 Å². The van der Waals surface area contributed by atoms with Gasteiger partial charge >= 0.3 is 5.97 Å². The highest BCUT2D eigenvalue weighted by Gasteiger charge is 2.31. The van der Waals surface area contributed by atoms with Crippen molar-refractivity contribution in [3.05, 3.63) is 29.6 Å². The highest BCUT2D eigenvalue weighted by Crippen LogP contribution is 2.28. The zero-order chi connectivity index (χ0) is 8.55. The summed E-state index contributed by atoms with van der Waals surface area (Å²) >= 11 is 0. The molecule has 0 fully saturated rings. The van der Waals surface area contributed by atoms with Crippen molar-refractivity contribution >= 4 is 5.97 Å². The van der Waals surface area contributed by atoms with Gasteiger partial charge in [-0.15, -0.1) is 0 Å². The average Bonchev–Trinajstić information content (AvgIpc) is 2.44. The second-order valence-corrected chi connectivity index (χ2v) is 2.41. The number of carbonyl (C=O) groups excluding carboxylic acids is 1. The van der Waals surface area contributed by atoms with Crippen LogP contribution in [0.4, 0.5) is 0 Å². The lowest BCUT2D eigenvalue weighted by molar-refractivity contribution is -0.0816. The van der Waals surface area contributed by atoms with Crippen molar-refractivity contribution in [2.45, 2.75) is 6.29 Å². The van der Waals surface area contributed by atoms with Gasteiger partial charge in [-0.3, -0.25) is 0 Å². The van der Waals surface area contributed by atoms with Crippen LogP contribution in [0.1, 0.15) is 22.3 Å². The first-order valence-corrected chi connectivity index (χ1v) is 3.51. The third-order valence-electron chi connectivity index (χ3n) is 1.71. The molecule has 1 aromatic heterocycles. The summed E-state index contributed by atoms with van der Waals surface area (Å²) in [6, 6.07) is 3.51. The number of methoxy groups -OCH3 is 1. The second-order valence-electron chi connectivity index (χ2n) is 2.41. The van der Waals surface area contributed by atoms with E-state index in [0.717, 1.165) is 0 Å².